The van der Waals surface area contributed by atoms with Crippen molar-refractivity contribution in [1.82, 2.24) is 4.90 Å². The highest BCUT2D eigenvalue weighted by atomic mass is 16.5. The number of carbonyl (C=O) groups is 2. The van der Waals surface area contributed by atoms with Gasteiger partial charge in [0.2, 0.25) is 0 Å². The third-order valence-electron chi connectivity index (χ3n) is 2.52. The SMILES string of the molecule is CCOC(=O)/C(=C\N(C)C)C(=O)C1(C)COC1. The Balaban J connectivity index is 2.90. The first kappa shape index (κ1) is 13.7. The molecule has 96 valence electrons. The first-order valence-electron chi connectivity index (χ1n) is 5.58. The largest absolute Gasteiger partial charge is 0.462 e. The van der Waals surface area contributed by atoms with Crippen molar-refractivity contribution in [2.75, 3.05) is 33.9 Å². The average molecular weight is 241 g/mol. The third kappa shape index (κ3) is 3.06. The predicted octanol–water partition coefficient (Wildman–Crippen LogP) is 0.601. The highest BCUT2D eigenvalue weighted by Crippen LogP contribution is 2.30. The number of esters is 1. The molecule has 1 rings (SSSR count). The van der Waals surface area contributed by atoms with Gasteiger partial charge in [0.15, 0.2) is 5.78 Å². The topological polar surface area (TPSA) is 55.8 Å². The molecule has 1 aliphatic rings. The normalized spacial score (nSPS) is 18.2. The van der Waals surface area contributed by atoms with Gasteiger partial charge in [-0.05, 0) is 13.8 Å². The van der Waals surface area contributed by atoms with E-state index in [0.717, 1.165) is 0 Å². The van der Waals surface area contributed by atoms with Gasteiger partial charge >= 0.3 is 5.97 Å². The molecule has 0 radical (unpaired) electrons. The summed E-state index contributed by atoms with van der Waals surface area (Å²) in [5.41, 5.74) is -0.503. The zero-order valence-electron chi connectivity index (χ0n) is 10.8. The molecule has 17 heavy (non-hydrogen) atoms. The Kier molecular flexibility index (Phi) is 4.28. The van der Waals surface area contributed by atoms with Crippen LogP contribution < -0.4 is 0 Å². The van der Waals surface area contributed by atoms with Crippen LogP contribution in [0.3, 0.4) is 0 Å². The van der Waals surface area contributed by atoms with Crippen molar-refractivity contribution < 1.29 is 19.1 Å². The van der Waals surface area contributed by atoms with Crippen LogP contribution in [-0.2, 0) is 19.1 Å². The van der Waals surface area contributed by atoms with Gasteiger partial charge in [-0.2, -0.15) is 0 Å². The molecule has 1 heterocycles. The maximum atomic E-state index is 12.2. The first-order chi connectivity index (χ1) is 7.90. The fourth-order valence-electron chi connectivity index (χ4n) is 1.54. The summed E-state index contributed by atoms with van der Waals surface area (Å²) in [6.07, 6.45) is 1.50. The molecule has 1 aliphatic heterocycles. The van der Waals surface area contributed by atoms with E-state index in [2.05, 4.69) is 0 Å². The van der Waals surface area contributed by atoms with Crippen LogP contribution >= 0.6 is 0 Å². The quantitative estimate of drug-likeness (QED) is 0.305. The molecule has 0 bridgehead atoms. The molecule has 0 spiro atoms. The molecule has 0 amide bonds. The molecule has 0 saturated carbocycles. The van der Waals surface area contributed by atoms with Crippen LogP contribution in [0.2, 0.25) is 0 Å². The highest BCUT2D eigenvalue weighted by molar-refractivity contribution is 6.19. The summed E-state index contributed by atoms with van der Waals surface area (Å²) in [4.78, 5) is 25.6. The minimum absolute atomic E-state index is 0.0858. The van der Waals surface area contributed by atoms with Gasteiger partial charge in [0.1, 0.15) is 5.57 Å². The van der Waals surface area contributed by atoms with E-state index >= 15 is 0 Å². The third-order valence-corrected chi connectivity index (χ3v) is 2.52. The number of Topliss-reactive ketones (excluding diaryl/α,β-unsaturated/α-hetero) is 1. The number of carbonyl (C=O) groups excluding carboxylic acids is 2. The van der Waals surface area contributed by atoms with E-state index in [1.807, 2.05) is 0 Å². The zero-order chi connectivity index (χ0) is 13.1. The molecule has 0 aromatic rings. The van der Waals surface area contributed by atoms with Crippen LogP contribution in [0.4, 0.5) is 0 Å². The van der Waals surface area contributed by atoms with Gasteiger partial charge in [-0.1, -0.05) is 0 Å². The fraction of sp³-hybridized carbons (Fsp3) is 0.667. The monoisotopic (exact) mass is 241 g/mol. The molecular formula is C12H19NO4. The maximum Gasteiger partial charge on any atom is 0.343 e. The second kappa shape index (κ2) is 5.31. The Hall–Kier alpha value is -1.36. The van der Waals surface area contributed by atoms with Crippen LogP contribution in [0, 0.1) is 5.41 Å². The molecule has 0 aromatic heterocycles. The number of ketones is 1. The minimum atomic E-state index is -0.589. The molecule has 1 saturated heterocycles. The number of nitrogens with zero attached hydrogens (tertiary/aromatic N) is 1. The van der Waals surface area contributed by atoms with Gasteiger partial charge in [-0.25, -0.2) is 4.79 Å². The zero-order valence-corrected chi connectivity index (χ0v) is 10.8. The van der Waals surface area contributed by atoms with Crippen LogP contribution in [0.25, 0.3) is 0 Å². The van der Waals surface area contributed by atoms with Crippen LogP contribution in [0.1, 0.15) is 13.8 Å². The number of rotatable bonds is 5. The second-order valence-corrected chi connectivity index (χ2v) is 4.61. The molecule has 0 unspecified atom stereocenters. The van der Waals surface area contributed by atoms with Crippen LogP contribution in [0.15, 0.2) is 11.8 Å². The van der Waals surface area contributed by atoms with Gasteiger partial charge in [0.05, 0.1) is 25.2 Å². The molecule has 0 N–H and O–H groups in total. The van der Waals surface area contributed by atoms with E-state index in [1.165, 1.54) is 6.20 Å². The minimum Gasteiger partial charge on any atom is -0.462 e. The lowest BCUT2D eigenvalue weighted by Gasteiger charge is -2.36. The van der Waals surface area contributed by atoms with Crippen LogP contribution in [-0.4, -0.2) is 50.6 Å². The van der Waals surface area contributed by atoms with Crippen molar-refractivity contribution in [1.29, 1.82) is 0 Å². The fourth-order valence-corrected chi connectivity index (χ4v) is 1.54. The number of hydrogen-bond acceptors (Lipinski definition) is 5. The van der Waals surface area contributed by atoms with E-state index in [9.17, 15) is 9.59 Å². The Bertz CT molecular complexity index is 342. The molecule has 0 aliphatic carbocycles. The predicted molar refractivity (Wildman–Crippen MR) is 62.3 cm³/mol. The standard InChI is InChI=1S/C12H19NO4/c1-5-17-11(15)9(6-13(3)4)10(14)12(2)7-16-8-12/h6H,5,7-8H2,1-4H3/b9-6-. The molecule has 5 heteroatoms. The Labute approximate surface area is 101 Å². The summed E-state index contributed by atoms with van der Waals surface area (Å²) in [6.45, 7) is 4.47. The van der Waals surface area contributed by atoms with Crippen LogP contribution in [0.5, 0.6) is 0 Å². The number of ether oxygens (including phenoxy) is 2. The van der Waals surface area contributed by atoms with Crippen molar-refractivity contribution in [2.24, 2.45) is 5.41 Å². The summed E-state index contributed by atoms with van der Waals surface area (Å²) < 4.78 is 9.93. The van der Waals surface area contributed by atoms with Gasteiger partial charge in [-0.3, -0.25) is 4.79 Å². The van der Waals surface area contributed by atoms with Gasteiger partial charge in [-0.15, -0.1) is 0 Å². The van der Waals surface area contributed by atoms with Crippen molar-refractivity contribution in [3.05, 3.63) is 11.8 Å². The summed E-state index contributed by atoms with van der Waals surface area (Å²) in [6, 6.07) is 0. The van der Waals surface area contributed by atoms with Crippen molar-refractivity contribution >= 4 is 11.8 Å². The lowest BCUT2D eigenvalue weighted by atomic mass is 9.80. The van der Waals surface area contributed by atoms with E-state index in [-0.39, 0.29) is 18.0 Å². The van der Waals surface area contributed by atoms with E-state index in [0.29, 0.717) is 13.2 Å². The van der Waals surface area contributed by atoms with Crippen molar-refractivity contribution in [3.63, 3.8) is 0 Å². The Morgan fingerprint density at radius 2 is 2.00 bits per heavy atom. The van der Waals surface area contributed by atoms with E-state index in [4.69, 9.17) is 9.47 Å². The summed E-state index contributed by atoms with van der Waals surface area (Å²) >= 11 is 0. The van der Waals surface area contributed by atoms with E-state index < -0.39 is 11.4 Å². The summed E-state index contributed by atoms with van der Waals surface area (Å²) in [5.74, 6) is -0.782. The molecule has 5 nitrogen and oxygen atoms in total. The Morgan fingerprint density at radius 1 is 1.41 bits per heavy atom. The summed E-state index contributed by atoms with van der Waals surface area (Å²) in [7, 11) is 3.51. The van der Waals surface area contributed by atoms with Crippen molar-refractivity contribution in [3.8, 4) is 0 Å². The molecule has 0 atom stereocenters. The average Bonchev–Trinajstić information content (AvgIpc) is 2.21. The lowest BCUT2D eigenvalue weighted by molar-refractivity contribution is -0.154. The number of hydrogen-bond donors (Lipinski definition) is 0. The molecule has 1 fully saturated rings. The van der Waals surface area contributed by atoms with Gasteiger partial charge in [0.25, 0.3) is 0 Å². The Morgan fingerprint density at radius 3 is 2.35 bits per heavy atom. The molecule has 0 aromatic carbocycles. The second-order valence-electron chi connectivity index (χ2n) is 4.61. The molecular weight excluding hydrogens is 222 g/mol. The van der Waals surface area contributed by atoms with Crippen molar-refractivity contribution in [2.45, 2.75) is 13.8 Å². The van der Waals surface area contributed by atoms with Gasteiger partial charge in [0, 0.05) is 20.3 Å². The smallest absolute Gasteiger partial charge is 0.343 e. The lowest BCUT2D eigenvalue weighted by Crippen LogP contribution is -2.48. The maximum absolute atomic E-state index is 12.2. The van der Waals surface area contributed by atoms with Gasteiger partial charge < -0.3 is 14.4 Å². The summed E-state index contributed by atoms with van der Waals surface area (Å²) in [5, 5.41) is 0. The van der Waals surface area contributed by atoms with E-state index in [1.54, 1.807) is 32.8 Å². The first-order valence-corrected chi connectivity index (χ1v) is 5.58. The highest BCUT2D eigenvalue weighted by Gasteiger charge is 2.44.